The van der Waals surface area contributed by atoms with Gasteiger partial charge in [0.15, 0.2) is 0 Å². The molecule has 1 saturated heterocycles. The summed E-state index contributed by atoms with van der Waals surface area (Å²) in [5.74, 6) is 1.62. The average molecular weight is 282 g/mol. The van der Waals surface area contributed by atoms with E-state index in [0.29, 0.717) is 5.92 Å². The van der Waals surface area contributed by atoms with Gasteiger partial charge in [0.2, 0.25) is 0 Å². The summed E-state index contributed by atoms with van der Waals surface area (Å²) >= 11 is 0. The highest BCUT2D eigenvalue weighted by Gasteiger charge is 2.20. The molecule has 1 aromatic carbocycles. The summed E-state index contributed by atoms with van der Waals surface area (Å²) in [5, 5.41) is 0. The van der Waals surface area contributed by atoms with Gasteiger partial charge in [-0.3, -0.25) is 9.88 Å². The summed E-state index contributed by atoms with van der Waals surface area (Å²) < 4.78 is 5.23. The van der Waals surface area contributed by atoms with E-state index in [9.17, 15) is 0 Å². The molecule has 0 N–H and O–H groups in total. The van der Waals surface area contributed by atoms with Crippen LogP contribution in [0.3, 0.4) is 0 Å². The van der Waals surface area contributed by atoms with Crippen LogP contribution in [-0.2, 0) is 6.54 Å². The zero-order valence-corrected chi connectivity index (χ0v) is 12.5. The third kappa shape index (κ3) is 3.61. The number of rotatable bonds is 4. The van der Waals surface area contributed by atoms with Crippen molar-refractivity contribution in [3.8, 4) is 5.75 Å². The molecule has 0 spiro atoms. The SMILES string of the molecule is COc1ccc(C2CCN(Cc3cccnc3)CC2)cc1. The fourth-order valence-electron chi connectivity index (χ4n) is 3.05. The number of ether oxygens (including phenoxy) is 1. The Balaban J connectivity index is 1.54. The Kier molecular flexibility index (Phi) is 4.51. The maximum Gasteiger partial charge on any atom is 0.118 e. The largest absolute Gasteiger partial charge is 0.497 e. The Morgan fingerprint density at radius 1 is 1.14 bits per heavy atom. The van der Waals surface area contributed by atoms with E-state index in [1.807, 2.05) is 18.5 Å². The normalized spacial score (nSPS) is 16.8. The van der Waals surface area contributed by atoms with E-state index in [2.05, 4.69) is 40.2 Å². The smallest absolute Gasteiger partial charge is 0.118 e. The summed E-state index contributed by atoms with van der Waals surface area (Å²) in [4.78, 5) is 6.72. The van der Waals surface area contributed by atoms with Crippen molar-refractivity contribution in [2.75, 3.05) is 20.2 Å². The molecule has 0 saturated carbocycles. The summed E-state index contributed by atoms with van der Waals surface area (Å²) in [6.07, 6.45) is 6.26. The molecule has 1 fully saturated rings. The number of benzene rings is 1. The second-order valence-electron chi connectivity index (χ2n) is 5.68. The Bertz CT molecular complexity index is 545. The van der Waals surface area contributed by atoms with Gasteiger partial charge in [-0.2, -0.15) is 0 Å². The summed E-state index contributed by atoms with van der Waals surface area (Å²) in [6, 6.07) is 12.7. The van der Waals surface area contributed by atoms with Crippen molar-refractivity contribution >= 4 is 0 Å². The fraction of sp³-hybridized carbons (Fsp3) is 0.389. The van der Waals surface area contributed by atoms with Gasteiger partial charge in [-0.15, -0.1) is 0 Å². The number of nitrogens with zero attached hydrogens (tertiary/aromatic N) is 2. The summed E-state index contributed by atoms with van der Waals surface area (Å²) in [5.41, 5.74) is 2.75. The van der Waals surface area contributed by atoms with Crippen molar-refractivity contribution in [1.29, 1.82) is 0 Å². The van der Waals surface area contributed by atoms with E-state index in [4.69, 9.17) is 4.74 Å². The van der Waals surface area contributed by atoms with E-state index in [1.165, 1.54) is 24.0 Å². The number of methoxy groups -OCH3 is 1. The molecule has 3 rings (SSSR count). The monoisotopic (exact) mass is 282 g/mol. The fourth-order valence-corrected chi connectivity index (χ4v) is 3.05. The van der Waals surface area contributed by atoms with Gasteiger partial charge in [0, 0.05) is 18.9 Å². The topological polar surface area (TPSA) is 25.4 Å². The predicted octanol–water partition coefficient (Wildman–Crippen LogP) is 3.47. The highest BCUT2D eigenvalue weighted by molar-refractivity contribution is 5.29. The molecule has 0 amide bonds. The molecule has 1 aliphatic heterocycles. The minimum Gasteiger partial charge on any atom is -0.497 e. The molecule has 3 heteroatoms. The van der Waals surface area contributed by atoms with Gasteiger partial charge in [-0.25, -0.2) is 0 Å². The first-order valence-electron chi connectivity index (χ1n) is 7.60. The molecule has 0 unspecified atom stereocenters. The first-order chi connectivity index (χ1) is 10.3. The second kappa shape index (κ2) is 6.72. The van der Waals surface area contributed by atoms with Gasteiger partial charge >= 0.3 is 0 Å². The van der Waals surface area contributed by atoms with Crippen LogP contribution in [0.2, 0.25) is 0 Å². The Labute approximate surface area is 126 Å². The summed E-state index contributed by atoms with van der Waals surface area (Å²) in [7, 11) is 1.71. The molecule has 0 bridgehead atoms. The van der Waals surface area contributed by atoms with Crippen molar-refractivity contribution in [1.82, 2.24) is 9.88 Å². The van der Waals surface area contributed by atoms with Gasteiger partial charge in [0.1, 0.15) is 5.75 Å². The van der Waals surface area contributed by atoms with Crippen LogP contribution in [0.15, 0.2) is 48.8 Å². The minimum absolute atomic E-state index is 0.682. The number of pyridine rings is 1. The molecule has 1 aliphatic rings. The standard InChI is InChI=1S/C18H22N2O/c1-21-18-6-4-16(5-7-18)17-8-11-20(12-9-17)14-15-3-2-10-19-13-15/h2-7,10,13,17H,8-9,11-12,14H2,1H3. The van der Waals surface area contributed by atoms with E-state index >= 15 is 0 Å². The van der Waals surface area contributed by atoms with Gasteiger partial charge in [-0.05, 0) is 61.2 Å². The minimum atomic E-state index is 0.682. The second-order valence-corrected chi connectivity index (χ2v) is 5.68. The molecule has 0 atom stereocenters. The molecule has 3 nitrogen and oxygen atoms in total. The van der Waals surface area contributed by atoms with Crippen molar-refractivity contribution in [2.24, 2.45) is 0 Å². The zero-order chi connectivity index (χ0) is 14.5. The maximum atomic E-state index is 5.23. The van der Waals surface area contributed by atoms with E-state index in [-0.39, 0.29) is 0 Å². The number of hydrogen-bond donors (Lipinski definition) is 0. The first kappa shape index (κ1) is 14.1. The molecular formula is C18H22N2O. The lowest BCUT2D eigenvalue weighted by atomic mass is 9.89. The van der Waals surface area contributed by atoms with Crippen LogP contribution in [0.25, 0.3) is 0 Å². The van der Waals surface area contributed by atoms with Gasteiger partial charge in [-0.1, -0.05) is 18.2 Å². The zero-order valence-electron chi connectivity index (χ0n) is 12.5. The number of aromatic nitrogens is 1. The molecule has 110 valence electrons. The van der Waals surface area contributed by atoms with Crippen molar-refractivity contribution < 1.29 is 4.74 Å². The van der Waals surface area contributed by atoms with Gasteiger partial charge in [0.05, 0.1) is 7.11 Å². The Hall–Kier alpha value is -1.87. The van der Waals surface area contributed by atoms with Crippen LogP contribution in [0.5, 0.6) is 5.75 Å². The molecule has 0 radical (unpaired) electrons. The third-order valence-corrected chi connectivity index (χ3v) is 4.30. The van der Waals surface area contributed by atoms with Crippen LogP contribution in [-0.4, -0.2) is 30.1 Å². The number of likely N-dealkylation sites (tertiary alicyclic amines) is 1. The Morgan fingerprint density at radius 3 is 2.52 bits per heavy atom. The highest BCUT2D eigenvalue weighted by atomic mass is 16.5. The molecule has 1 aromatic heterocycles. The van der Waals surface area contributed by atoms with Crippen molar-refractivity contribution in [3.63, 3.8) is 0 Å². The quantitative estimate of drug-likeness (QED) is 0.858. The maximum absolute atomic E-state index is 5.23. The highest BCUT2D eigenvalue weighted by Crippen LogP contribution is 2.29. The molecule has 21 heavy (non-hydrogen) atoms. The number of hydrogen-bond acceptors (Lipinski definition) is 3. The first-order valence-corrected chi connectivity index (χ1v) is 7.60. The predicted molar refractivity (Wildman–Crippen MR) is 84.5 cm³/mol. The van der Waals surface area contributed by atoms with Crippen LogP contribution < -0.4 is 4.74 Å². The molecular weight excluding hydrogens is 260 g/mol. The van der Waals surface area contributed by atoms with Crippen LogP contribution in [0, 0.1) is 0 Å². The van der Waals surface area contributed by atoms with Crippen LogP contribution >= 0.6 is 0 Å². The molecule has 2 aromatic rings. The van der Waals surface area contributed by atoms with E-state index in [0.717, 1.165) is 25.4 Å². The lowest BCUT2D eigenvalue weighted by Crippen LogP contribution is -2.32. The third-order valence-electron chi connectivity index (χ3n) is 4.30. The van der Waals surface area contributed by atoms with Crippen LogP contribution in [0.1, 0.15) is 29.9 Å². The lowest BCUT2D eigenvalue weighted by molar-refractivity contribution is 0.204. The average Bonchev–Trinajstić information content (AvgIpc) is 2.57. The summed E-state index contributed by atoms with van der Waals surface area (Å²) in [6.45, 7) is 3.33. The molecule has 2 heterocycles. The molecule has 0 aliphatic carbocycles. The lowest BCUT2D eigenvalue weighted by Gasteiger charge is -2.32. The van der Waals surface area contributed by atoms with Crippen molar-refractivity contribution in [2.45, 2.75) is 25.3 Å². The van der Waals surface area contributed by atoms with Gasteiger partial charge < -0.3 is 4.74 Å². The Morgan fingerprint density at radius 2 is 1.90 bits per heavy atom. The van der Waals surface area contributed by atoms with Crippen LogP contribution in [0.4, 0.5) is 0 Å². The van der Waals surface area contributed by atoms with Gasteiger partial charge in [0.25, 0.3) is 0 Å². The number of piperidine rings is 1. The van der Waals surface area contributed by atoms with E-state index in [1.54, 1.807) is 7.11 Å². The van der Waals surface area contributed by atoms with Crippen molar-refractivity contribution in [3.05, 3.63) is 59.9 Å². The van der Waals surface area contributed by atoms with E-state index < -0.39 is 0 Å².